The van der Waals surface area contributed by atoms with Gasteiger partial charge in [-0.1, -0.05) is 13.1 Å². The summed E-state index contributed by atoms with van der Waals surface area (Å²) in [6.45, 7) is 3.74. The maximum Gasteiger partial charge on any atom is 0.187 e. The van der Waals surface area contributed by atoms with Crippen molar-refractivity contribution >= 4 is 14.3 Å². The van der Waals surface area contributed by atoms with Crippen LogP contribution in [0.1, 0.15) is 0 Å². The van der Waals surface area contributed by atoms with Crippen LogP contribution in [0.4, 0.5) is 4.79 Å². The fraction of sp³-hybridized carbons (Fsp3) is 0.667. The molecular weight excluding hydrogens is 94.1 g/mol. The molecule has 1 radical (unpaired) electrons. The minimum absolute atomic E-state index is 0.139. The van der Waals surface area contributed by atoms with Gasteiger partial charge in [0.25, 0.3) is 0 Å². The molecule has 0 rings (SSSR count). The van der Waals surface area contributed by atoms with Crippen molar-refractivity contribution in [2.75, 3.05) is 0 Å². The van der Waals surface area contributed by atoms with E-state index in [4.69, 9.17) is 5.73 Å². The van der Waals surface area contributed by atoms with E-state index in [0.29, 0.717) is 0 Å². The predicted octanol–water partition coefficient (Wildman–Crippen LogP) is 0.401. The molecule has 0 saturated heterocycles. The molecule has 0 aromatic heterocycles. The van der Waals surface area contributed by atoms with Gasteiger partial charge in [-0.2, -0.15) is 0 Å². The van der Waals surface area contributed by atoms with Crippen LogP contribution in [0.15, 0.2) is 0 Å². The van der Waals surface area contributed by atoms with Gasteiger partial charge in [-0.25, -0.2) is 0 Å². The Morgan fingerprint density at radius 1 is 1.67 bits per heavy atom. The summed E-state index contributed by atoms with van der Waals surface area (Å²) in [5, 5.41) is 0. The van der Waals surface area contributed by atoms with Crippen LogP contribution < -0.4 is 5.73 Å². The molecule has 0 aromatic carbocycles. The van der Waals surface area contributed by atoms with Crippen molar-refractivity contribution in [1.82, 2.24) is 0 Å². The molecule has 0 aliphatic rings. The lowest BCUT2D eigenvalue weighted by molar-refractivity contribution is 0.265. The van der Waals surface area contributed by atoms with Crippen molar-refractivity contribution < 1.29 is 4.79 Å². The van der Waals surface area contributed by atoms with Crippen LogP contribution in [-0.2, 0) is 0 Å². The Morgan fingerprint density at radius 2 is 1.83 bits per heavy atom. The minimum Gasteiger partial charge on any atom is -0.374 e. The van der Waals surface area contributed by atoms with Crippen molar-refractivity contribution in [3.63, 3.8) is 0 Å². The van der Waals surface area contributed by atoms with Gasteiger partial charge in [0.1, 0.15) is 0 Å². The van der Waals surface area contributed by atoms with Crippen LogP contribution in [0.25, 0.3) is 0 Å². The molecule has 6 heavy (non-hydrogen) atoms. The lowest BCUT2D eigenvalue weighted by atomic mass is 11.4. The Hall–Kier alpha value is -0.313. The Bertz CT molecular complexity index is 61.8. The Kier molecular flexibility index (Phi) is 1.87. The second-order valence-electron chi connectivity index (χ2n) is 1.36. The summed E-state index contributed by atoms with van der Waals surface area (Å²) < 4.78 is 0. The first-order valence-electron chi connectivity index (χ1n) is 1.74. The highest BCUT2D eigenvalue weighted by Gasteiger charge is 1.99. The third-order valence-corrected chi connectivity index (χ3v) is 1.48. The van der Waals surface area contributed by atoms with Gasteiger partial charge < -0.3 is 5.73 Å². The molecule has 0 aromatic rings. The maximum atomic E-state index is 9.97. The van der Waals surface area contributed by atoms with Gasteiger partial charge in [0.15, 0.2) is 14.3 Å². The number of nitrogens with two attached hydrogens (primary N) is 1. The molecule has 0 aliphatic heterocycles. The molecule has 0 aliphatic carbocycles. The average Bonchev–Trinajstić information content (AvgIpc) is 1.36. The summed E-state index contributed by atoms with van der Waals surface area (Å²) in [7, 11) is -0.813. The molecule has 0 atom stereocenters. The Morgan fingerprint density at radius 3 is 1.83 bits per heavy atom. The Labute approximate surface area is 38.9 Å². The van der Waals surface area contributed by atoms with E-state index in [1.807, 2.05) is 13.1 Å². The zero-order valence-corrected chi connectivity index (χ0v) is 4.99. The fourth-order valence-electron chi connectivity index (χ4n) is 0. The van der Waals surface area contributed by atoms with Crippen LogP contribution in [0.5, 0.6) is 0 Å². The van der Waals surface area contributed by atoms with Gasteiger partial charge in [-0.15, -0.1) is 0 Å². The van der Waals surface area contributed by atoms with Crippen molar-refractivity contribution in [2.24, 2.45) is 5.73 Å². The standard InChI is InChI=1S/C3H8NOSi/c1-6(2)3(4)5/h1-2H3,(H2,4,5). The highest BCUT2D eigenvalue weighted by atomic mass is 28.3. The van der Waals surface area contributed by atoms with Gasteiger partial charge in [-0.05, 0) is 0 Å². The zero-order valence-electron chi connectivity index (χ0n) is 3.99. The number of carbonyl (C=O) groups is 1. The molecule has 0 unspecified atom stereocenters. The normalized spacial score (nSPS) is 9.17. The number of carbonyl (C=O) groups excluding carboxylic acids is 1. The first-order chi connectivity index (χ1) is 2.64. The monoisotopic (exact) mass is 102 g/mol. The van der Waals surface area contributed by atoms with E-state index in [0.717, 1.165) is 0 Å². The van der Waals surface area contributed by atoms with Crippen molar-refractivity contribution in [3.05, 3.63) is 0 Å². The van der Waals surface area contributed by atoms with Gasteiger partial charge in [0.05, 0.1) is 0 Å². The third-order valence-electron chi connectivity index (χ3n) is 0.493. The van der Waals surface area contributed by atoms with Crippen LogP contribution in [0, 0.1) is 0 Å². The zero-order chi connectivity index (χ0) is 5.15. The number of amides is 1. The van der Waals surface area contributed by atoms with Crippen molar-refractivity contribution in [2.45, 2.75) is 13.1 Å². The van der Waals surface area contributed by atoms with E-state index in [-0.39, 0.29) is 5.53 Å². The van der Waals surface area contributed by atoms with Gasteiger partial charge in [0, 0.05) is 0 Å². The number of rotatable bonds is 1. The second kappa shape index (κ2) is 1.97. The number of primary amides is 1. The van der Waals surface area contributed by atoms with Crippen LogP contribution in [-0.4, -0.2) is 14.3 Å². The molecule has 0 saturated carbocycles. The molecule has 0 heterocycles. The first-order valence-corrected chi connectivity index (χ1v) is 4.24. The lowest BCUT2D eigenvalue weighted by Gasteiger charge is -1.87. The van der Waals surface area contributed by atoms with Crippen LogP contribution in [0.3, 0.4) is 0 Å². The summed E-state index contributed by atoms with van der Waals surface area (Å²) >= 11 is 0. The fourth-order valence-corrected chi connectivity index (χ4v) is 0. The first kappa shape index (κ1) is 5.69. The lowest BCUT2D eigenvalue weighted by Crippen LogP contribution is -2.24. The predicted molar refractivity (Wildman–Crippen MR) is 27.1 cm³/mol. The average molecular weight is 102 g/mol. The van der Waals surface area contributed by atoms with Gasteiger partial charge in [0.2, 0.25) is 0 Å². The molecule has 0 bridgehead atoms. The molecule has 0 spiro atoms. The molecule has 2 nitrogen and oxygen atoms in total. The highest BCUT2D eigenvalue weighted by molar-refractivity contribution is 6.87. The van der Waals surface area contributed by atoms with Crippen molar-refractivity contribution in [1.29, 1.82) is 0 Å². The van der Waals surface area contributed by atoms with E-state index in [1.165, 1.54) is 0 Å². The summed E-state index contributed by atoms with van der Waals surface area (Å²) in [5.41, 5.74) is 4.70. The smallest absolute Gasteiger partial charge is 0.187 e. The van der Waals surface area contributed by atoms with E-state index >= 15 is 0 Å². The molecule has 0 fully saturated rings. The molecule has 3 heteroatoms. The molecule has 2 N–H and O–H groups in total. The SMILES string of the molecule is C[Si](C)C(N)=O. The largest absolute Gasteiger partial charge is 0.374 e. The summed E-state index contributed by atoms with van der Waals surface area (Å²) in [4.78, 5) is 9.97. The van der Waals surface area contributed by atoms with Crippen LogP contribution >= 0.6 is 0 Å². The maximum absolute atomic E-state index is 9.97. The summed E-state index contributed by atoms with van der Waals surface area (Å²) in [6, 6.07) is 0. The number of hydrogen-bond donors (Lipinski definition) is 1. The molecular formula is C3H8NOSi. The molecule has 1 amide bonds. The third kappa shape index (κ3) is 1.96. The highest BCUT2D eigenvalue weighted by Crippen LogP contribution is 1.74. The van der Waals surface area contributed by atoms with E-state index in [1.54, 1.807) is 0 Å². The van der Waals surface area contributed by atoms with E-state index < -0.39 is 8.80 Å². The molecule has 35 valence electrons. The second-order valence-corrected chi connectivity index (χ2v) is 3.86. The van der Waals surface area contributed by atoms with E-state index in [9.17, 15) is 4.79 Å². The van der Waals surface area contributed by atoms with Gasteiger partial charge >= 0.3 is 0 Å². The van der Waals surface area contributed by atoms with E-state index in [2.05, 4.69) is 0 Å². The summed E-state index contributed by atoms with van der Waals surface area (Å²) in [5.74, 6) is 0. The quantitative estimate of drug-likeness (QED) is 0.478. The minimum atomic E-state index is -0.813. The van der Waals surface area contributed by atoms with Crippen LogP contribution in [0.2, 0.25) is 13.1 Å². The van der Waals surface area contributed by atoms with Gasteiger partial charge in [-0.3, -0.25) is 4.79 Å². The topological polar surface area (TPSA) is 43.1 Å². The summed E-state index contributed by atoms with van der Waals surface area (Å²) in [6.07, 6.45) is 0. The number of hydrogen-bond acceptors (Lipinski definition) is 1. The van der Waals surface area contributed by atoms with Crippen molar-refractivity contribution in [3.8, 4) is 0 Å². The Balaban J connectivity index is 3.26.